The SMILES string of the molecule is CCC1CCCN1C(=O)C1CCNC1. The molecule has 2 aliphatic rings. The van der Waals surface area contributed by atoms with Crippen LogP contribution in [0.25, 0.3) is 0 Å². The van der Waals surface area contributed by atoms with E-state index < -0.39 is 0 Å². The van der Waals surface area contributed by atoms with Gasteiger partial charge in [-0.1, -0.05) is 6.92 Å². The number of hydrogen-bond acceptors (Lipinski definition) is 2. The average molecular weight is 196 g/mol. The Labute approximate surface area is 85.8 Å². The maximum atomic E-state index is 12.1. The van der Waals surface area contributed by atoms with Crippen molar-refractivity contribution in [3.8, 4) is 0 Å². The maximum absolute atomic E-state index is 12.1. The van der Waals surface area contributed by atoms with Gasteiger partial charge >= 0.3 is 0 Å². The zero-order valence-corrected chi connectivity index (χ0v) is 8.96. The standard InChI is InChI=1S/C11H20N2O/c1-2-10-4-3-7-13(10)11(14)9-5-6-12-8-9/h9-10,12H,2-8H2,1H3. The van der Waals surface area contributed by atoms with E-state index in [9.17, 15) is 4.79 Å². The number of amides is 1. The fourth-order valence-electron chi connectivity index (χ4n) is 2.65. The Balaban J connectivity index is 1.95. The van der Waals surface area contributed by atoms with Crippen LogP contribution in [0, 0.1) is 5.92 Å². The van der Waals surface area contributed by atoms with Crippen LogP contribution in [0.5, 0.6) is 0 Å². The molecule has 2 aliphatic heterocycles. The lowest BCUT2D eigenvalue weighted by molar-refractivity contribution is -0.135. The van der Waals surface area contributed by atoms with E-state index in [0.717, 1.165) is 32.5 Å². The van der Waals surface area contributed by atoms with Crippen LogP contribution in [0.2, 0.25) is 0 Å². The molecular formula is C11H20N2O. The highest BCUT2D eigenvalue weighted by Gasteiger charge is 2.33. The van der Waals surface area contributed by atoms with Crippen LogP contribution >= 0.6 is 0 Å². The largest absolute Gasteiger partial charge is 0.339 e. The topological polar surface area (TPSA) is 32.3 Å². The smallest absolute Gasteiger partial charge is 0.227 e. The molecule has 0 spiro atoms. The Bertz CT molecular complexity index is 211. The van der Waals surface area contributed by atoms with Gasteiger partial charge in [0.2, 0.25) is 5.91 Å². The first-order valence-corrected chi connectivity index (χ1v) is 5.84. The summed E-state index contributed by atoms with van der Waals surface area (Å²) in [5.74, 6) is 0.668. The van der Waals surface area contributed by atoms with Gasteiger partial charge in [-0.05, 0) is 32.2 Å². The lowest BCUT2D eigenvalue weighted by Gasteiger charge is -2.26. The van der Waals surface area contributed by atoms with Crippen LogP contribution in [0.3, 0.4) is 0 Å². The van der Waals surface area contributed by atoms with Gasteiger partial charge < -0.3 is 10.2 Å². The second-order valence-electron chi connectivity index (χ2n) is 4.43. The third-order valence-electron chi connectivity index (χ3n) is 3.54. The van der Waals surface area contributed by atoms with Crippen molar-refractivity contribution >= 4 is 5.91 Å². The molecule has 0 aromatic rings. The Morgan fingerprint density at radius 3 is 3.00 bits per heavy atom. The average Bonchev–Trinajstić information content (AvgIpc) is 2.87. The van der Waals surface area contributed by atoms with E-state index in [1.807, 2.05) is 0 Å². The normalized spacial score (nSPS) is 32.5. The number of nitrogens with zero attached hydrogens (tertiary/aromatic N) is 1. The zero-order chi connectivity index (χ0) is 9.97. The van der Waals surface area contributed by atoms with E-state index >= 15 is 0 Å². The van der Waals surface area contributed by atoms with Gasteiger partial charge in [0.15, 0.2) is 0 Å². The minimum absolute atomic E-state index is 0.266. The van der Waals surface area contributed by atoms with Crippen LogP contribution < -0.4 is 5.32 Å². The zero-order valence-electron chi connectivity index (χ0n) is 8.96. The summed E-state index contributed by atoms with van der Waals surface area (Å²) in [7, 11) is 0. The minimum Gasteiger partial charge on any atom is -0.339 e. The van der Waals surface area contributed by atoms with Gasteiger partial charge in [0.1, 0.15) is 0 Å². The quantitative estimate of drug-likeness (QED) is 0.714. The Morgan fingerprint density at radius 1 is 1.50 bits per heavy atom. The molecule has 2 unspecified atom stereocenters. The lowest BCUT2D eigenvalue weighted by atomic mass is 10.1. The van der Waals surface area contributed by atoms with Crippen molar-refractivity contribution < 1.29 is 4.79 Å². The molecule has 2 fully saturated rings. The molecule has 0 bridgehead atoms. The van der Waals surface area contributed by atoms with Crippen molar-refractivity contribution in [3.05, 3.63) is 0 Å². The van der Waals surface area contributed by atoms with Crippen molar-refractivity contribution in [2.45, 2.75) is 38.6 Å². The van der Waals surface area contributed by atoms with E-state index in [4.69, 9.17) is 0 Å². The Hall–Kier alpha value is -0.570. The molecule has 0 radical (unpaired) electrons. The number of rotatable bonds is 2. The maximum Gasteiger partial charge on any atom is 0.227 e. The highest BCUT2D eigenvalue weighted by molar-refractivity contribution is 5.80. The van der Waals surface area contributed by atoms with Crippen molar-refractivity contribution in [1.82, 2.24) is 10.2 Å². The van der Waals surface area contributed by atoms with E-state index in [-0.39, 0.29) is 5.92 Å². The Morgan fingerprint density at radius 2 is 2.36 bits per heavy atom. The molecule has 80 valence electrons. The molecule has 0 saturated carbocycles. The van der Waals surface area contributed by atoms with E-state index in [2.05, 4.69) is 17.1 Å². The number of carbonyl (C=O) groups excluding carboxylic acids is 1. The first-order valence-electron chi connectivity index (χ1n) is 5.84. The van der Waals surface area contributed by atoms with Gasteiger partial charge in [-0.3, -0.25) is 4.79 Å². The minimum atomic E-state index is 0.266. The van der Waals surface area contributed by atoms with Gasteiger partial charge in [0.05, 0.1) is 5.92 Å². The van der Waals surface area contributed by atoms with Crippen LogP contribution in [-0.2, 0) is 4.79 Å². The third kappa shape index (κ3) is 1.78. The van der Waals surface area contributed by atoms with Crippen molar-refractivity contribution in [3.63, 3.8) is 0 Å². The van der Waals surface area contributed by atoms with Gasteiger partial charge in [0, 0.05) is 19.1 Å². The lowest BCUT2D eigenvalue weighted by Crippen LogP contribution is -2.40. The van der Waals surface area contributed by atoms with E-state index in [1.54, 1.807) is 0 Å². The molecule has 2 atom stereocenters. The first kappa shape index (κ1) is 9.97. The summed E-state index contributed by atoms with van der Waals surface area (Å²) in [6.45, 7) is 5.09. The molecule has 0 aromatic carbocycles. The number of hydrogen-bond donors (Lipinski definition) is 1. The summed E-state index contributed by atoms with van der Waals surface area (Å²) in [5, 5.41) is 3.26. The second kappa shape index (κ2) is 4.30. The summed E-state index contributed by atoms with van der Waals surface area (Å²) < 4.78 is 0. The van der Waals surface area contributed by atoms with Crippen LogP contribution in [0.4, 0.5) is 0 Å². The predicted octanol–water partition coefficient (Wildman–Crippen LogP) is 0.997. The van der Waals surface area contributed by atoms with Crippen molar-refractivity contribution in [2.24, 2.45) is 5.92 Å². The predicted molar refractivity (Wildman–Crippen MR) is 56.0 cm³/mol. The molecule has 14 heavy (non-hydrogen) atoms. The summed E-state index contributed by atoms with van der Waals surface area (Å²) in [4.78, 5) is 14.2. The summed E-state index contributed by atoms with van der Waals surface area (Å²) in [6, 6.07) is 0.531. The molecule has 0 aromatic heterocycles. The van der Waals surface area contributed by atoms with Gasteiger partial charge in [-0.25, -0.2) is 0 Å². The van der Waals surface area contributed by atoms with Crippen LogP contribution in [-0.4, -0.2) is 36.5 Å². The highest BCUT2D eigenvalue weighted by Crippen LogP contribution is 2.23. The highest BCUT2D eigenvalue weighted by atomic mass is 16.2. The fraction of sp³-hybridized carbons (Fsp3) is 0.909. The van der Waals surface area contributed by atoms with E-state index in [0.29, 0.717) is 11.9 Å². The van der Waals surface area contributed by atoms with Gasteiger partial charge in [-0.2, -0.15) is 0 Å². The first-order chi connectivity index (χ1) is 6.83. The molecule has 2 saturated heterocycles. The summed E-state index contributed by atoms with van der Waals surface area (Å²) in [6.07, 6.45) is 4.56. The fourth-order valence-corrected chi connectivity index (χ4v) is 2.65. The second-order valence-corrected chi connectivity index (χ2v) is 4.43. The molecule has 3 nitrogen and oxygen atoms in total. The summed E-state index contributed by atoms with van der Waals surface area (Å²) in [5.41, 5.74) is 0. The molecule has 2 rings (SSSR count). The van der Waals surface area contributed by atoms with Gasteiger partial charge in [-0.15, -0.1) is 0 Å². The number of likely N-dealkylation sites (tertiary alicyclic amines) is 1. The molecule has 1 amide bonds. The monoisotopic (exact) mass is 196 g/mol. The van der Waals surface area contributed by atoms with Gasteiger partial charge in [0.25, 0.3) is 0 Å². The molecular weight excluding hydrogens is 176 g/mol. The summed E-state index contributed by atoms with van der Waals surface area (Å²) >= 11 is 0. The van der Waals surface area contributed by atoms with E-state index in [1.165, 1.54) is 12.8 Å². The van der Waals surface area contributed by atoms with Crippen LogP contribution in [0.1, 0.15) is 32.6 Å². The van der Waals surface area contributed by atoms with Crippen LogP contribution in [0.15, 0.2) is 0 Å². The van der Waals surface area contributed by atoms with Crippen molar-refractivity contribution in [2.75, 3.05) is 19.6 Å². The number of nitrogens with one attached hydrogen (secondary N) is 1. The molecule has 0 aliphatic carbocycles. The molecule has 3 heteroatoms. The molecule has 1 N–H and O–H groups in total. The molecule has 2 heterocycles. The third-order valence-corrected chi connectivity index (χ3v) is 3.54. The number of carbonyl (C=O) groups is 1. The Kier molecular flexibility index (Phi) is 3.06. The van der Waals surface area contributed by atoms with Crippen molar-refractivity contribution in [1.29, 1.82) is 0 Å².